The lowest BCUT2D eigenvalue weighted by Gasteiger charge is -2.14. The van der Waals surface area contributed by atoms with Crippen LogP contribution >= 0.6 is 0 Å². The van der Waals surface area contributed by atoms with Crippen molar-refractivity contribution in [3.63, 3.8) is 0 Å². The first-order valence-corrected chi connectivity index (χ1v) is 4.42. The van der Waals surface area contributed by atoms with Crippen LogP contribution in [0.5, 0.6) is 11.5 Å². The van der Waals surface area contributed by atoms with E-state index >= 15 is 0 Å². The van der Waals surface area contributed by atoms with Crippen LogP contribution in [0.2, 0.25) is 0 Å². The third-order valence-electron chi connectivity index (χ3n) is 2.00. The maximum absolute atomic E-state index is 8.84. The first-order chi connectivity index (χ1) is 7.15. The Kier molecular flexibility index (Phi) is 3.56. The molecular formula is C9H15N3O3. The summed E-state index contributed by atoms with van der Waals surface area (Å²) in [7, 11) is 2.93. The number of aliphatic hydroxyl groups excluding tert-OH is 1. The van der Waals surface area contributed by atoms with Crippen molar-refractivity contribution in [3.05, 3.63) is 5.69 Å². The SMILES string of the molecule is COc1c(N)nc(CCO)c(OC)c1N. The minimum atomic E-state index is -0.0471. The zero-order valence-electron chi connectivity index (χ0n) is 8.78. The molecule has 0 aliphatic heterocycles. The van der Waals surface area contributed by atoms with Crippen LogP contribution in [0.3, 0.4) is 0 Å². The van der Waals surface area contributed by atoms with Gasteiger partial charge in [0.25, 0.3) is 0 Å². The Morgan fingerprint density at radius 1 is 1.20 bits per heavy atom. The predicted octanol–water partition coefficient (Wildman–Crippen LogP) is -0.202. The summed E-state index contributed by atoms with van der Waals surface area (Å²) in [6, 6.07) is 0. The van der Waals surface area contributed by atoms with Gasteiger partial charge in [-0.1, -0.05) is 0 Å². The Morgan fingerprint density at radius 2 is 1.80 bits per heavy atom. The Morgan fingerprint density at radius 3 is 2.27 bits per heavy atom. The molecule has 84 valence electrons. The lowest BCUT2D eigenvalue weighted by molar-refractivity contribution is 0.294. The predicted molar refractivity (Wildman–Crippen MR) is 57.0 cm³/mol. The van der Waals surface area contributed by atoms with Gasteiger partial charge >= 0.3 is 0 Å². The van der Waals surface area contributed by atoms with E-state index < -0.39 is 0 Å². The smallest absolute Gasteiger partial charge is 0.187 e. The molecule has 5 N–H and O–H groups in total. The number of aliphatic hydroxyl groups is 1. The Labute approximate surface area is 87.8 Å². The van der Waals surface area contributed by atoms with Crippen LogP contribution in [0, 0.1) is 0 Å². The van der Waals surface area contributed by atoms with Crippen molar-refractivity contribution in [1.82, 2.24) is 4.98 Å². The summed E-state index contributed by atoms with van der Waals surface area (Å²) in [6.45, 7) is -0.0471. The van der Waals surface area contributed by atoms with Gasteiger partial charge in [-0.2, -0.15) is 0 Å². The maximum Gasteiger partial charge on any atom is 0.187 e. The third kappa shape index (κ3) is 2.04. The molecule has 0 spiro atoms. The van der Waals surface area contributed by atoms with Gasteiger partial charge in [0.05, 0.1) is 19.9 Å². The molecule has 1 aromatic heterocycles. The molecule has 1 heterocycles. The fourth-order valence-electron chi connectivity index (χ4n) is 1.36. The minimum absolute atomic E-state index is 0.0471. The van der Waals surface area contributed by atoms with E-state index in [4.69, 9.17) is 26.0 Å². The van der Waals surface area contributed by atoms with E-state index in [1.54, 1.807) is 0 Å². The molecule has 0 atom stereocenters. The van der Waals surface area contributed by atoms with Crippen molar-refractivity contribution >= 4 is 11.5 Å². The molecule has 6 heteroatoms. The van der Waals surface area contributed by atoms with Crippen molar-refractivity contribution in [2.75, 3.05) is 32.3 Å². The summed E-state index contributed by atoms with van der Waals surface area (Å²) in [5.74, 6) is 0.892. The van der Waals surface area contributed by atoms with E-state index in [2.05, 4.69) is 4.98 Å². The topological polar surface area (TPSA) is 104 Å². The molecule has 0 fully saturated rings. The number of ether oxygens (including phenoxy) is 2. The van der Waals surface area contributed by atoms with Crippen molar-refractivity contribution < 1.29 is 14.6 Å². The van der Waals surface area contributed by atoms with Crippen LogP contribution in [0.25, 0.3) is 0 Å². The zero-order chi connectivity index (χ0) is 11.4. The average Bonchev–Trinajstić information content (AvgIpc) is 2.19. The van der Waals surface area contributed by atoms with Gasteiger partial charge in [0.1, 0.15) is 5.69 Å². The fourth-order valence-corrected chi connectivity index (χ4v) is 1.36. The molecule has 0 amide bonds. The summed E-state index contributed by atoms with van der Waals surface area (Å²) >= 11 is 0. The zero-order valence-corrected chi connectivity index (χ0v) is 8.78. The van der Waals surface area contributed by atoms with E-state index in [0.29, 0.717) is 29.3 Å². The van der Waals surface area contributed by atoms with Crippen LogP contribution in [0.15, 0.2) is 0 Å². The van der Waals surface area contributed by atoms with Crippen LogP contribution in [0.4, 0.5) is 11.5 Å². The van der Waals surface area contributed by atoms with Crippen molar-refractivity contribution in [3.8, 4) is 11.5 Å². The summed E-state index contributed by atoms with van der Waals surface area (Å²) in [6.07, 6.45) is 0.335. The molecule has 0 bridgehead atoms. The summed E-state index contributed by atoms with van der Waals surface area (Å²) in [5.41, 5.74) is 12.2. The molecule has 1 aromatic rings. The fraction of sp³-hybridized carbons (Fsp3) is 0.444. The molecule has 0 aliphatic carbocycles. The standard InChI is InChI=1S/C9H15N3O3/c1-14-7-5(3-4-13)12-9(11)8(15-2)6(7)10/h13H,3-4H2,1-2H3,(H4,10,11,12). The molecule has 0 radical (unpaired) electrons. The number of nitrogens with zero attached hydrogens (tertiary/aromatic N) is 1. The van der Waals surface area contributed by atoms with E-state index in [1.165, 1.54) is 14.2 Å². The van der Waals surface area contributed by atoms with Gasteiger partial charge in [-0.15, -0.1) is 0 Å². The molecule has 6 nitrogen and oxygen atoms in total. The van der Waals surface area contributed by atoms with Crippen molar-refractivity contribution in [1.29, 1.82) is 0 Å². The van der Waals surface area contributed by atoms with Crippen LogP contribution in [-0.4, -0.2) is 30.9 Å². The highest BCUT2D eigenvalue weighted by Gasteiger charge is 2.16. The molecule has 0 saturated carbocycles. The lowest BCUT2D eigenvalue weighted by atomic mass is 10.2. The first-order valence-electron chi connectivity index (χ1n) is 4.42. The van der Waals surface area contributed by atoms with Crippen LogP contribution in [0.1, 0.15) is 5.69 Å². The molecule has 15 heavy (non-hydrogen) atoms. The molecular weight excluding hydrogens is 198 g/mol. The van der Waals surface area contributed by atoms with Gasteiger partial charge in [0.15, 0.2) is 17.3 Å². The highest BCUT2D eigenvalue weighted by atomic mass is 16.5. The normalized spacial score (nSPS) is 10.1. The minimum Gasteiger partial charge on any atom is -0.493 e. The highest BCUT2D eigenvalue weighted by molar-refractivity contribution is 5.72. The Bertz CT molecular complexity index is 355. The third-order valence-corrected chi connectivity index (χ3v) is 2.00. The highest BCUT2D eigenvalue weighted by Crippen LogP contribution is 2.37. The number of nitrogen functional groups attached to an aromatic ring is 2. The number of anilines is 2. The number of pyridine rings is 1. The molecule has 0 saturated heterocycles. The molecule has 0 aliphatic rings. The maximum atomic E-state index is 8.84. The monoisotopic (exact) mass is 213 g/mol. The Balaban J connectivity index is 3.30. The number of aromatic nitrogens is 1. The van der Waals surface area contributed by atoms with Crippen molar-refractivity contribution in [2.24, 2.45) is 0 Å². The number of hydrogen-bond donors (Lipinski definition) is 3. The van der Waals surface area contributed by atoms with Gasteiger partial charge in [0, 0.05) is 13.0 Å². The van der Waals surface area contributed by atoms with E-state index in [0.717, 1.165) is 0 Å². The quantitative estimate of drug-likeness (QED) is 0.639. The summed E-state index contributed by atoms with van der Waals surface area (Å²) in [5, 5.41) is 8.84. The second-order valence-corrected chi connectivity index (χ2v) is 2.90. The number of nitrogens with two attached hydrogens (primary N) is 2. The number of methoxy groups -OCH3 is 2. The number of hydrogen-bond acceptors (Lipinski definition) is 6. The van der Waals surface area contributed by atoms with E-state index in [1.807, 2.05) is 0 Å². The number of rotatable bonds is 4. The molecule has 1 rings (SSSR count). The summed E-state index contributed by atoms with van der Waals surface area (Å²) < 4.78 is 10.1. The van der Waals surface area contributed by atoms with Gasteiger partial charge in [-0.25, -0.2) is 4.98 Å². The second kappa shape index (κ2) is 4.70. The first kappa shape index (κ1) is 11.4. The summed E-state index contributed by atoms with van der Waals surface area (Å²) in [4.78, 5) is 4.05. The van der Waals surface area contributed by atoms with Gasteiger partial charge in [-0.3, -0.25) is 0 Å². The second-order valence-electron chi connectivity index (χ2n) is 2.90. The van der Waals surface area contributed by atoms with Crippen molar-refractivity contribution in [2.45, 2.75) is 6.42 Å². The van der Waals surface area contributed by atoms with Gasteiger partial charge in [-0.05, 0) is 0 Å². The van der Waals surface area contributed by atoms with Crippen LogP contribution < -0.4 is 20.9 Å². The van der Waals surface area contributed by atoms with Crippen LogP contribution in [-0.2, 0) is 6.42 Å². The van der Waals surface area contributed by atoms with E-state index in [9.17, 15) is 0 Å². The molecule has 0 aromatic carbocycles. The van der Waals surface area contributed by atoms with Gasteiger partial charge in [0.2, 0.25) is 0 Å². The largest absolute Gasteiger partial charge is 0.493 e. The molecule has 0 unspecified atom stereocenters. The van der Waals surface area contributed by atoms with E-state index in [-0.39, 0.29) is 12.4 Å². The Hall–Kier alpha value is -1.69. The average molecular weight is 213 g/mol. The van der Waals surface area contributed by atoms with Gasteiger partial charge < -0.3 is 26.0 Å². The lowest BCUT2D eigenvalue weighted by Crippen LogP contribution is -2.08.